The molecular formula is C17H14BrNO4. The Bertz CT molecular complexity index is 712. The zero-order valence-corrected chi connectivity index (χ0v) is 13.7. The lowest BCUT2D eigenvalue weighted by Gasteiger charge is -2.10. The number of cyclic esters (lactones) is 1. The highest BCUT2D eigenvalue weighted by molar-refractivity contribution is 9.10. The van der Waals surface area contributed by atoms with Gasteiger partial charge in [0.25, 0.3) is 5.91 Å². The molecule has 1 saturated heterocycles. The molecule has 1 heterocycles. The Morgan fingerprint density at radius 2 is 1.70 bits per heavy atom. The largest absolute Gasteiger partial charge is 0.464 e. The van der Waals surface area contributed by atoms with Crippen molar-refractivity contribution in [3.05, 3.63) is 58.6 Å². The summed E-state index contributed by atoms with van der Waals surface area (Å²) in [6, 6.07) is 13.6. The maximum Gasteiger partial charge on any atom is 0.328 e. The van der Waals surface area contributed by atoms with E-state index >= 15 is 0 Å². The van der Waals surface area contributed by atoms with Crippen molar-refractivity contribution in [2.45, 2.75) is 12.5 Å². The van der Waals surface area contributed by atoms with Gasteiger partial charge in [-0.2, -0.15) is 0 Å². The van der Waals surface area contributed by atoms with E-state index in [2.05, 4.69) is 21.2 Å². The molecule has 0 bridgehead atoms. The summed E-state index contributed by atoms with van der Waals surface area (Å²) in [5.74, 6) is 0.654. The highest BCUT2D eigenvalue weighted by atomic mass is 79.9. The van der Waals surface area contributed by atoms with Gasteiger partial charge < -0.3 is 14.8 Å². The van der Waals surface area contributed by atoms with Gasteiger partial charge in [-0.15, -0.1) is 0 Å². The van der Waals surface area contributed by atoms with Crippen molar-refractivity contribution in [2.75, 3.05) is 6.61 Å². The number of hydrogen-bond acceptors (Lipinski definition) is 4. The molecule has 5 nitrogen and oxygen atoms in total. The Hall–Kier alpha value is -2.34. The van der Waals surface area contributed by atoms with Gasteiger partial charge in [0.1, 0.15) is 17.5 Å². The van der Waals surface area contributed by atoms with Crippen molar-refractivity contribution in [1.82, 2.24) is 5.32 Å². The van der Waals surface area contributed by atoms with Crippen LogP contribution in [0.5, 0.6) is 11.5 Å². The van der Waals surface area contributed by atoms with Crippen LogP contribution in [0.4, 0.5) is 0 Å². The molecule has 2 aromatic rings. The predicted molar refractivity (Wildman–Crippen MR) is 87.5 cm³/mol. The lowest BCUT2D eigenvalue weighted by molar-refractivity contribution is -0.139. The van der Waals surface area contributed by atoms with Crippen LogP contribution in [-0.4, -0.2) is 24.5 Å². The maximum atomic E-state index is 12.1. The number of carbonyl (C=O) groups is 2. The lowest BCUT2D eigenvalue weighted by atomic mass is 10.1. The molecule has 1 fully saturated rings. The number of halogens is 1. The van der Waals surface area contributed by atoms with Crippen LogP contribution >= 0.6 is 15.9 Å². The van der Waals surface area contributed by atoms with Gasteiger partial charge in [0.2, 0.25) is 0 Å². The SMILES string of the molecule is O=C(N[C@@H]1CCOC1=O)c1ccc(Oc2ccc(Br)cc2)cc1. The van der Waals surface area contributed by atoms with Crippen LogP contribution in [0.15, 0.2) is 53.0 Å². The quantitative estimate of drug-likeness (QED) is 0.832. The van der Waals surface area contributed by atoms with Gasteiger partial charge in [-0.3, -0.25) is 4.79 Å². The zero-order valence-electron chi connectivity index (χ0n) is 12.1. The van der Waals surface area contributed by atoms with Crippen LogP contribution in [0.2, 0.25) is 0 Å². The topological polar surface area (TPSA) is 64.6 Å². The maximum absolute atomic E-state index is 12.1. The molecule has 23 heavy (non-hydrogen) atoms. The first-order valence-corrected chi connectivity index (χ1v) is 7.92. The van der Waals surface area contributed by atoms with Crippen LogP contribution in [0.3, 0.4) is 0 Å². The number of amides is 1. The molecule has 0 radical (unpaired) electrons. The van der Waals surface area contributed by atoms with Crippen LogP contribution in [0.1, 0.15) is 16.8 Å². The highest BCUT2D eigenvalue weighted by Gasteiger charge is 2.28. The third-order valence-corrected chi connectivity index (χ3v) is 3.94. The smallest absolute Gasteiger partial charge is 0.328 e. The summed E-state index contributed by atoms with van der Waals surface area (Å²) in [6.45, 7) is 0.351. The van der Waals surface area contributed by atoms with Crippen molar-refractivity contribution in [2.24, 2.45) is 0 Å². The van der Waals surface area contributed by atoms with Crippen molar-refractivity contribution in [3.8, 4) is 11.5 Å². The average Bonchev–Trinajstić information content (AvgIpc) is 2.95. The number of benzene rings is 2. The predicted octanol–water partition coefficient (Wildman–Crippen LogP) is 3.29. The summed E-state index contributed by atoms with van der Waals surface area (Å²) in [6.07, 6.45) is 0.509. The van der Waals surface area contributed by atoms with E-state index in [0.29, 0.717) is 30.1 Å². The van der Waals surface area contributed by atoms with Crippen LogP contribution < -0.4 is 10.1 Å². The second-order valence-electron chi connectivity index (χ2n) is 5.06. The molecule has 1 aliphatic rings. The van der Waals surface area contributed by atoms with E-state index in [1.165, 1.54) is 0 Å². The molecule has 0 saturated carbocycles. The van der Waals surface area contributed by atoms with Gasteiger partial charge in [-0.05, 0) is 48.5 Å². The molecule has 1 aliphatic heterocycles. The monoisotopic (exact) mass is 375 g/mol. The van der Waals surface area contributed by atoms with Gasteiger partial charge in [-0.1, -0.05) is 15.9 Å². The van der Waals surface area contributed by atoms with Crippen LogP contribution in [0.25, 0.3) is 0 Å². The summed E-state index contributed by atoms with van der Waals surface area (Å²) < 4.78 is 11.5. The molecule has 6 heteroatoms. The molecule has 118 valence electrons. The van der Waals surface area contributed by atoms with E-state index in [1.54, 1.807) is 24.3 Å². The Labute approximate surface area is 141 Å². The van der Waals surface area contributed by atoms with Gasteiger partial charge in [0.15, 0.2) is 0 Å². The molecule has 1 atom stereocenters. The summed E-state index contributed by atoms with van der Waals surface area (Å²) in [4.78, 5) is 23.5. The second-order valence-corrected chi connectivity index (χ2v) is 5.98. The van der Waals surface area contributed by atoms with Crippen molar-refractivity contribution in [1.29, 1.82) is 0 Å². The Morgan fingerprint density at radius 3 is 2.26 bits per heavy atom. The number of hydrogen-bond donors (Lipinski definition) is 1. The van der Waals surface area contributed by atoms with Crippen molar-refractivity contribution in [3.63, 3.8) is 0 Å². The van der Waals surface area contributed by atoms with E-state index in [0.717, 1.165) is 4.47 Å². The van der Waals surface area contributed by atoms with E-state index in [1.807, 2.05) is 24.3 Å². The van der Waals surface area contributed by atoms with Crippen LogP contribution in [-0.2, 0) is 9.53 Å². The molecule has 0 aromatic heterocycles. The Kier molecular flexibility index (Phi) is 4.62. The molecular weight excluding hydrogens is 362 g/mol. The van der Waals surface area contributed by atoms with E-state index in [9.17, 15) is 9.59 Å². The van der Waals surface area contributed by atoms with Gasteiger partial charge in [0.05, 0.1) is 6.61 Å². The van der Waals surface area contributed by atoms with Gasteiger partial charge in [0, 0.05) is 16.5 Å². The molecule has 0 aliphatic carbocycles. The van der Waals surface area contributed by atoms with E-state index < -0.39 is 6.04 Å². The Balaban J connectivity index is 1.63. The zero-order chi connectivity index (χ0) is 16.2. The van der Waals surface area contributed by atoms with E-state index in [-0.39, 0.29) is 11.9 Å². The number of nitrogens with one attached hydrogen (secondary N) is 1. The summed E-state index contributed by atoms with van der Waals surface area (Å²) in [5, 5.41) is 2.66. The standard InChI is InChI=1S/C17H14BrNO4/c18-12-3-7-14(8-4-12)23-13-5-1-11(2-6-13)16(20)19-15-9-10-22-17(15)21/h1-8,15H,9-10H2,(H,19,20)/t15-/m1/s1. The minimum atomic E-state index is -0.554. The molecule has 0 spiro atoms. The Morgan fingerprint density at radius 1 is 1.09 bits per heavy atom. The number of esters is 1. The third kappa shape index (κ3) is 3.90. The molecule has 1 amide bonds. The van der Waals surface area contributed by atoms with Crippen molar-refractivity contribution >= 4 is 27.8 Å². The number of ether oxygens (including phenoxy) is 2. The fourth-order valence-electron chi connectivity index (χ4n) is 2.18. The lowest BCUT2D eigenvalue weighted by Crippen LogP contribution is -2.37. The molecule has 3 rings (SSSR count). The van der Waals surface area contributed by atoms with E-state index in [4.69, 9.17) is 9.47 Å². The van der Waals surface area contributed by atoms with Gasteiger partial charge >= 0.3 is 5.97 Å². The van der Waals surface area contributed by atoms with Crippen LogP contribution in [0, 0.1) is 0 Å². The third-order valence-electron chi connectivity index (χ3n) is 3.41. The first kappa shape index (κ1) is 15.6. The molecule has 0 unspecified atom stereocenters. The fourth-order valence-corrected chi connectivity index (χ4v) is 2.45. The fraction of sp³-hybridized carbons (Fsp3) is 0.176. The first-order chi connectivity index (χ1) is 11.1. The minimum absolute atomic E-state index is 0.302. The average molecular weight is 376 g/mol. The summed E-state index contributed by atoms with van der Waals surface area (Å²) in [7, 11) is 0. The number of carbonyl (C=O) groups excluding carboxylic acids is 2. The molecule has 1 N–H and O–H groups in total. The second kappa shape index (κ2) is 6.83. The summed E-state index contributed by atoms with van der Waals surface area (Å²) >= 11 is 3.36. The van der Waals surface area contributed by atoms with Crippen molar-refractivity contribution < 1.29 is 19.1 Å². The van der Waals surface area contributed by atoms with Gasteiger partial charge in [-0.25, -0.2) is 4.79 Å². The highest BCUT2D eigenvalue weighted by Crippen LogP contribution is 2.23. The summed E-state index contributed by atoms with van der Waals surface area (Å²) in [5.41, 5.74) is 0.466. The number of rotatable bonds is 4. The minimum Gasteiger partial charge on any atom is -0.464 e. The normalized spacial score (nSPS) is 16.7. The molecule has 2 aromatic carbocycles. The first-order valence-electron chi connectivity index (χ1n) is 7.13.